The van der Waals surface area contributed by atoms with Gasteiger partial charge in [-0.3, -0.25) is 4.68 Å². The Bertz CT molecular complexity index is 785. The number of hydrogen-bond acceptors (Lipinski definition) is 4. The van der Waals surface area contributed by atoms with Gasteiger partial charge >= 0.3 is 0 Å². The van der Waals surface area contributed by atoms with Crippen LogP contribution in [0.1, 0.15) is 63.9 Å². The molecule has 0 amide bonds. The molecule has 1 aliphatic rings. The number of aromatic nitrogens is 2. The Morgan fingerprint density at radius 3 is 2.37 bits per heavy atom. The minimum Gasteiger partial charge on any atom is -0.357 e. The van der Waals surface area contributed by atoms with E-state index in [-0.39, 0.29) is 35.8 Å². The van der Waals surface area contributed by atoms with Gasteiger partial charge in [-0.05, 0) is 39.0 Å². The largest absolute Gasteiger partial charge is 0.357 e. The smallest absolute Gasteiger partial charge is 0.214 e. The van der Waals surface area contributed by atoms with Crippen LogP contribution in [0.2, 0.25) is 0 Å². The minimum atomic E-state index is -3.10. The van der Waals surface area contributed by atoms with Crippen LogP contribution in [0.4, 0.5) is 0 Å². The summed E-state index contributed by atoms with van der Waals surface area (Å²) in [5.41, 5.74) is 3.56. The summed E-state index contributed by atoms with van der Waals surface area (Å²) >= 11 is 0. The molecule has 0 bridgehead atoms. The zero-order valence-corrected chi connectivity index (χ0v) is 22.2. The van der Waals surface area contributed by atoms with Gasteiger partial charge in [0.2, 0.25) is 10.0 Å². The van der Waals surface area contributed by atoms with Gasteiger partial charge in [-0.1, -0.05) is 20.8 Å². The van der Waals surface area contributed by atoms with E-state index in [9.17, 15) is 8.42 Å². The van der Waals surface area contributed by atoms with Crippen LogP contribution >= 0.6 is 24.0 Å². The van der Waals surface area contributed by atoms with Gasteiger partial charge in [0.25, 0.3) is 0 Å². The number of guanidine groups is 1. The third-order valence-corrected chi connectivity index (χ3v) is 7.49. The van der Waals surface area contributed by atoms with Crippen LogP contribution in [0.25, 0.3) is 0 Å². The fourth-order valence-electron chi connectivity index (χ4n) is 3.91. The van der Waals surface area contributed by atoms with E-state index >= 15 is 0 Å². The van der Waals surface area contributed by atoms with E-state index < -0.39 is 10.0 Å². The molecule has 0 radical (unpaired) electrons. The zero-order valence-electron chi connectivity index (χ0n) is 19.1. The maximum atomic E-state index is 12.3. The van der Waals surface area contributed by atoms with Gasteiger partial charge in [0.15, 0.2) is 5.96 Å². The van der Waals surface area contributed by atoms with E-state index in [0.717, 1.165) is 43.9 Å². The first-order valence-electron chi connectivity index (χ1n) is 10.9. The molecule has 30 heavy (non-hydrogen) atoms. The molecule has 0 atom stereocenters. The summed E-state index contributed by atoms with van der Waals surface area (Å²) in [6, 6.07) is 0.228. The Balaban J connectivity index is 0.00000450. The Labute approximate surface area is 199 Å². The summed E-state index contributed by atoms with van der Waals surface area (Å²) in [5.74, 6) is 1.02. The third kappa shape index (κ3) is 7.08. The number of aryl methyl sites for hydroxylation is 2. The number of nitrogens with zero attached hydrogens (tertiary/aromatic N) is 4. The fraction of sp³-hybridized carbons (Fsp3) is 0.800. The van der Waals surface area contributed by atoms with Crippen LogP contribution < -0.4 is 10.6 Å². The molecule has 8 nitrogen and oxygen atoms in total. The summed E-state index contributed by atoms with van der Waals surface area (Å²) in [6.07, 6.45) is 4.07. The molecule has 10 heteroatoms. The van der Waals surface area contributed by atoms with Gasteiger partial charge in [-0.25, -0.2) is 17.7 Å². The first-order valence-corrected chi connectivity index (χ1v) is 12.5. The number of aliphatic imine (C=N–C) groups is 1. The van der Waals surface area contributed by atoms with E-state index in [1.54, 1.807) is 4.31 Å². The monoisotopic (exact) mass is 554 g/mol. The highest BCUT2D eigenvalue weighted by molar-refractivity contribution is 14.0. The number of sulfonamides is 1. The second-order valence-corrected chi connectivity index (χ2v) is 9.62. The minimum absolute atomic E-state index is 0. The maximum absolute atomic E-state index is 12.3. The Morgan fingerprint density at radius 1 is 1.17 bits per heavy atom. The molecule has 1 fully saturated rings. The molecule has 1 aromatic heterocycles. The second-order valence-electron chi connectivity index (χ2n) is 7.53. The molecule has 1 aromatic rings. The van der Waals surface area contributed by atoms with Crippen LogP contribution in [0, 0.1) is 0 Å². The van der Waals surface area contributed by atoms with Crippen molar-refractivity contribution < 1.29 is 8.42 Å². The quantitative estimate of drug-likeness (QED) is 0.278. The summed E-state index contributed by atoms with van der Waals surface area (Å²) in [4.78, 5) is 4.81. The molecule has 0 aromatic carbocycles. The topological polar surface area (TPSA) is 91.6 Å². The first-order chi connectivity index (χ1) is 13.9. The standard InChI is InChI=1S/C20H38N6O2S.HI/c1-6-14-29(27,28)26-12-10-16(11-13-26)23-20(21-9-4)22-15-17-18(7-2)24-25(5)19(17)8-3;/h16H,6-15H2,1-5H3,(H2,21,22,23);1H. The SMILES string of the molecule is CCCS(=O)(=O)N1CCC(NC(=NCc2c(CC)nn(C)c2CC)NCC)CC1.I. The van der Waals surface area contributed by atoms with Gasteiger partial charge in [0.05, 0.1) is 18.0 Å². The highest BCUT2D eigenvalue weighted by Gasteiger charge is 2.27. The van der Waals surface area contributed by atoms with Crippen molar-refractivity contribution in [1.82, 2.24) is 24.7 Å². The van der Waals surface area contributed by atoms with Gasteiger partial charge in [-0.15, -0.1) is 24.0 Å². The van der Waals surface area contributed by atoms with Gasteiger partial charge < -0.3 is 10.6 Å². The van der Waals surface area contributed by atoms with Gasteiger partial charge in [0, 0.05) is 44.0 Å². The lowest BCUT2D eigenvalue weighted by Gasteiger charge is -2.32. The third-order valence-electron chi connectivity index (χ3n) is 5.42. The lowest BCUT2D eigenvalue weighted by Crippen LogP contribution is -2.50. The van der Waals surface area contributed by atoms with Crippen LogP contribution in [0.15, 0.2) is 4.99 Å². The fourth-order valence-corrected chi connectivity index (χ4v) is 5.45. The number of halogens is 1. The first kappa shape index (κ1) is 27.2. The summed E-state index contributed by atoms with van der Waals surface area (Å²) in [5, 5.41) is 11.5. The predicted molar refractivity (Wildman–Crippen MR) is 134 cm³/mol. The maximum Gasteiger partial charge on any atom is 0.214 e. The van der Waals surface area contributed by atoms with Crippen molar-refractivity contribution in [1.29, 1.82) is 0 Å². The summed E-state index contributed by atoms with van der Waals surface area (Å²) < 4.78 is 28.1. The molecule has 1 saturated heterocycles. The molecular formula is C20H39IN6O2S. The second kappa shape index (κ2) is 12.8. The highest BCUT2D eigenvalue weighted by Crippen LogP contribution is 2.17. The van der Waals surface area contributed by atoms with Crippen molar-refractivity contribution >= 4 is 40.0 Å². The zero-order chi connectivity index (χ0) is 21.4. The number of rotatable bonds is 9. The van der Waals surface area contributed by atoms with Crippen LogP contribution in [0.3, 0.4) is 0 Å². The van der Waals surface area contributed by atoms with E-state index in [1.807, 2.05) is 18.7 Å². The molecule has 0 saturated carbocycles. The number of hydrogen-bond donors (Lipinski definition) is 2. The Kier molecular flexibility index (Phi) is 11.6. The lowest BCUT2D eigenvalue weighted by atomic mass is 10.1. The van der Waals surface area contributed by atoms with Gasteiger partial charge in [0.1, 0.15) is 0 Å². The van der Waals surface area contributed by atoms with Crippen molar-refractivity contribution in [3.8, 4) is 0 Å². The lowest BCUT2D eigenvalue weighted by molar-refractivity contribution is 0.306. The van der Waals surface area contributed by atoms with Crippen LogP contribution in [-0.4, -0.2) is 59.9 Å². The molecule has 1 aliphatic heterocycles. The van der Waals surface area contributed by atoms with Crippen molar-refractivity contribution in [3.63, 3.8) is 0 Å². The molecule has 0 unspecified atom stereocenters. The summed E-state index contributed by atoms with van der Waals surface area (Å²) in [6.45, 7) is 10.7. The van der Waals surface area contributed by atoms with Crippen molar-refractivity contribution in [3.05, 3.63) is 17.0 Å². The molecule has 2 N–H and O–H groups in total. The van der Waals surface area contributed by atoms with E-state index in [2.05, 4.69) is 36.5 Å². The Hall–Kier alpha value is -0.880. The van der Waals surface area contributed by atoms with Crippen molar-refractivity contribution in [2.24, 2.45) is 12.0 Å². The molecule has 174 valence electrons. The Morgan fingerprint density at radius 2 is 1.83 bits per heavy atom. The van der Waals surface area contributed by atoms with E-state index in [4.69, 9.17) is 4.99 Å². The van der Waals surface area contributed by atoms with E-state index in [1.165, 1.54) is 11.3 Å². The average molecular weight is 555 g/mol. The van der Waals surface area contributed by atoms with Gasteiger partial charge in [-0.2, -0.15) is 5.10 Å². The molecule has 0 aliphatic carbocycles. The highest BCUT2D eigenvalue weighted by atomic mass is 127. The van der Waals surface area contributed by atoms with Crippen molar-refractivity contribution in [2.75, 3.05) is 25.4 Å². The van der Waals surface area contributed by atoms with E-state index in [0.29, 0.717) is 26.1 Å². The number of piperidine rings is 1. The average Bonchev–Trinajstić information content (AvgIpc) is 3.01. The molecular weight excluding hydrogens is 515 g/mol. The normalized spacial score (nSPS) is 16.4. The predicted octanol–water partition coefficient (Wildman–Crippen LogP) is 2.42. The number of nitrogens with one attached hydrogen (secondary N) is 2. The van der Waals surface area contributed by atoms with Crippen LogP contribution in [-0.2, 0) is 36.5 Å². The molecule has 2 heterocycles. The summed E-state index contributed by atoms with van der Waals surface area (Å²) in [7, 11) is -1.11. The molecule has 0 spiro atoms. The molecule has 2 rings (SSSR count). The van der Waals surface area contributed by atoms with Crippen molar-refractivity contribution in [2.45, 2.75) is 72.4 Å². The van der Waals surface area contributed by atoms with Crippen LogP contribution in [0.5, 0.6) is 0 Å².